The number of carbonyl (C=O) groups excluding carboxylic acids is 1. The number of anilines is 2. The molecule has 140 valence electrons. The predicted octanol–water partition coefficient (Wildman–Crippen LogP) is 2.74. The molecule has 3 aromatic heterocycles. The average Bonchev–Trinajstić information content (AvgIpc) is 3.24. The van der Waals surface area contributed by atoms with Crippen LogP contribution < -0.4 is 11.1 Å². The first-order valence-electron chi connectivity index (χ1n) is 8.61. The molecule has 28 heavy (non-hydrogen) atoms. The molecule has 0 fully saturated rings. The second-order valence-electron chi connectivity index (χ2n) is 6.41. The Morgan fingerprint density at radius 2 is 1.93 bits per heavy atom. The van der Waals surface area contributed by atoms with E-state index in [2.05, 4.69) is 27.0 Å². The summed E-state index contributed by atoms with van der Waals surface area (Å²) in [4.78, 5) is 20.1. The maximum Gasteiger partial charge on any atom is 0.247 e. The van der Waals surface area contributed by atoms with Crippen LogP contribution in [0, 0.1) is 0 Å². The Balaban J connectivity index is 1.94. The minimum absolute atomic E-state index is 0.253. The van der Waals surface area contributed by atoms with E-state index in [1.807, 2.05) is 49.1 Å². The second kappa shape index (κ2) is 6.66. The molecule has 0 aliphatic heterocycles. The number of nitrogens with zero attached hydrogens (tertiary/aromatic N) is 5. The summed E-state index contributed by atoms with van der Waals surface area (Å²) in [5.41, 5.74) is 11.4. The number of nitrogens with two attached hydrogens (primary N) is 1. The molecule has 0 saturated carbocycles. The second-order valence-corrected chi connectivity index (χ2v) is 6.41. The molecule has 0 aliphatic rings. The summed E-state index contributed by atoms with van der Waals surface area (Å²) in [5.74, 6) is 0.164. The van der Waals surface area contributed by atoms with Gasteiger partial charge in [0.1, 0.15) is 17.8 Å². The van der Waals surface area contributed by atoms with E-state index in [9.17, 15) is 4.79 Å². The number of carbonyl (C=O) groups is 1. The maximum atomic E-state index is 11.5. The van der Waals surface area contributed by atoms with E-state index in [1.54, 1.807) is 10.9 Å². The molecule has 0 spiro atoms. The summed E-state index contributed by atoms with van der Waals surface area (Å²) in [6.07, 6.45) is 6.43. The summed E-state index contributed by atoms with van der Waals surface area (Å²) in [7, 11) is 3.81. The highest BCUT2D eigenvalue weighted by Gasteiger charge is 2.22. The van der Waals surface area contributed by atoms with E-state index < -0.39 is 0 Å². The fourth-order valence-electron chi connectivity index (χ4n) is 3.35. The number of amides is 1. The van der Waals surface area contributed by atoms with Gasteiger partial charge in [-0.05, 0) is 23.8 Å². The van der Waals surface area contributed by atoms with Crippen LogP contribution in [0.4, 0.5) is 11.5 Å². The molecule has 0 aliphatic carbocycles. The van der Waals surface area contributed by atoms with Gasteiger partial charge in [-0.15, -0.1) is 0 Å². The highest BCUT2D eigenvalue weighted by Crippen LogP contribution is 2.41. The third kappa shape index (κ3) is 2.81. The number of nitrogens with one attached hydrogen (secondary N) is 1. The van der Waals surface area contributed by atoms with Gasteiger partial charge in [-0.3, -0.25) is 9.48 Å². The van der Waals surface area contributed by atoms with Crippen LogP contribution in [0.1, 0.15) is 0 Å². The van der Waals surface area contributed by atoms with Crippen LogP contribution >= 0.6 is 0 Å². The van der Waals surface area contributed by atoms with Crippen LogP contribution in [0.5, 0.6) is 0 Å². The molecule has 8 heteroatoms. The summed E-state index contributed by atoms with van der Waals surface area (Å²) >= 11 is 0. The fraction of sp³-hybridized carbons (Fsp3) is 0.100. The first kappa shape index (κ1) is 17.5. The molecule has 1 aromatic carbocycles. The maximum absolute atomic E-state index is 11.5. The normalized spacial score (nSPS) is 10.9. The van der Waals surface area contributed by atoms with Crippen molar-refractivity contribution in [3.8, 4) is 22.4 Å². The Kier molecular flexibility index (Phi) is 4.15. The number of aryl methyl sites for hydroxylation is 2. The van der Waals surface area contributed by atoms with Gasteiger partial charge in [-0.25, -0.2) is 9.97 Å². The SMILES string of the molecule is C=CC(=O)Nc1ccc(-c2c(-c3cnn(C)c3)c3c(N)ncnc3n2C)cc1. The zero-order chi connectivity index (χ0) is 19.8. The first-order valence-corrected chi connectivity index (χ1v) is 8.61. The third-order valence-electron chi connectivity index (χ3n) is 4.60. The quantitative estimate of drug-likeness (QED) is 0.535. The van der Waals surface area contributed by atoms with E-state index in [-0.39, 0.29) is 5.91 Å². The van der Waals surface area contributed by atoms with Gasteiger partial charge in [0.25, 0.3) is 0 Å². The van der Waals surface area contributed by atoms with Gasteiger partial charge in [0.2, 0.25) is 5.91 Å². The highest BCUT2D eigenvalue weighted by molar-refractivity contribution is 6.07. The lowest BCUT2D eigenvalue weighted by Crippen LogP contribution is -2.06. The lowest BCUT2D eigenvalue weighted by molar-refractivity contribution is -0.111. The predicted molar refractivity (Wildman–Crippen MR) is 109 cm³/mol. The van der Waals surface area contributed by atoms with Gasteiger partial charge in [0.05, 0.1) is 17.3 Å². The van der Waals surface area contributed by atoms with Crippen molar-refractivity contribution < 1.29 is 4.79 Å². The number of hydrogen-bond donors (Lipinski definition) is 2. The molecule has 8 nitrogen and oxygen atoms in total. The molecule has 0 unspecified atom stereocenters. The van der Waals surface area contributed by atoms with Crippen LogP contribution in [0.15, 0.2) is 55.6 Å². The van der Waals surface area contributed by atoms with Crippen LogP contribution in [-0.4, -0.2) is 30.2 Å². The zero-order valence-electron chi connectivity index (χ0n) is 15.5. The lowest BCUT2D eigenvalue weighted by atomic mass is 10.0. The molecule has 0 radical (unpaired) electrons. The van der Waals surface area contributed by atoms with E-state index in [1.165, 1.54) is 12.4 Å². The summed E-state index contributed by atoms with van der Waals surface area (Å²) in [6.45, 7) is 3.47. The van der Waals surface area contributed by atoms with Gasteiger partial charge in [0.15, 0.2) is 0 Å². The van der Waals surface area contributed by atoms with Crippen molar-refractivity contribution in [1.82, 2.24) is 24.3 Å². The van der Waals surface area contributed by atoms with Crippen LogP contribution in [0.25, 0.3) is 33.4 Å². The largest absolute Gasteiger partial charge is 0.383 e. The van der Waals surface area contributed by atoms with Gasteiger partial charge in [-0.2, -0.15) is 5.10 Å². The molecular formula is C20H19N7O. The molecule has 4 aromatic rings. The number of fused-ring (bicyclic) bond motifs is 1. The van der Waals surface area contributed by atoms with Crippen molar-refractivity contribution in [1.29, 1.82) is 0 Å². The molecule has 4 rings (SSSR count). The van der Waals surface area contributed by atoms with Crippen molar-refractivity contribution in [2.24, 2.45) is 14.1 Å². The fourth-order valence-corrected chi connectivity index (χ4v) is 3.35. The number of aromatic nitrogens is 5. The van der Waals surface area contributed by atoms with E-state index in [4.69, 9.17) is 5.73 Å². The lowest BCUT2D eigenvalue weighted by Gasteiger charge is -2.09. The Morgan fingerprint density at radius 3 is 2.57 bits per heavy atom. The van der Waals surface area contributed by atoms with Crippen LogP contribution in [0.2, 0.25) is 0 Å². The molecular weight excluding hydrogens is 354 g/mol. The van der Waals surface area contributed by atoms with Gasteiger partial charge in [0, 0.05) is 37.1 Å². The highest BCUT2D eigenvalue weighted by atomic mass is 16.1. The first-order chi connectivity index (χ1) is 13.5. The van der Waals surface area contributed by atoms with Crippen molar-refractivity contribution >= 4 is 28.4 Å². The molecule has 3 heterocycles. The Bertz CT molecular complexity index is 1200. The molecule has 0 atom stereocenters. The number of rotatable bonds is 4. The molecule has 0 saturated heterocycles. The Labute approximate surface area is 161 Å². The average molecular weight is 373 g/mol. The van der Waals surface area contributed by atoms with Crippen LogP contribution in [0.3, 0.4) is 0 Å². The third-order valence-corrected chi connectivity index (χ3v) is 4.60. The molecule has 0 bridgehead atoms. The van der Waals surface area contributed by atoms with Crippen molar-refractivity contribution in [3.05, 3.63) is 55.6 Å². The van der Waals surface area contributed by atoms with Crippen molar-refractivity contribution in [2.45, 2.75) is 0 Å². The summed E-state index contributed by atoms with van der Waals surface area (Å²) in [6, 6.07) is 7.57. The smallest absolute Gasteiger partial charge is 0.247 e. The molecule has 1 amide bonds. The standard InChI is InChI=1S/C20H19N7O/c1-4-15(28)25-14-7-5-12(6-8-14)18-16(13-9-24-26(2)10-13)17-19(21)22-11-23-20(17)27(18)3/h4-11H,1H2,2-3H3,(H,25,28)(H2,21,22,23). The van der Waals surface area contributed by atoms with Gasteiger partial charge in [-0.1, -0.05) is 18.7 Å². The Morgan fingerprint density at radius 1 is 1.18 bits per heavy atom. The van der Waals surface area contributed by atoms with E-state index in [0.717, 1.165) is 33.4 Å². The van der Waals surface area contributed by atoms with Crippen molar-refractivity contribution in [2.75, 3.05) is 11.1 Å². The van der Waals surface area contributed by atoms with E-state index >= 15 is 0 Å². The zero-order valence-corrected chi connectivity index (χ0v) is 15.5. The van der Waals surface area contributed by atoms with Gasteiger partial charge < -0.3 is 15.6 Å². The summed E-state index contributed by atoms with van der Waals surface area (Å²) < 4.78 is 3.74. The van der Waals surface area contributed by atoms with Crippen molar-refractivity contribution in [3.63, 3.8) is 0 Å². The Hall–Kier alpha value is -3.94. The molecule has 3 N–H and O–H groups in total. The number of benzene rings is 1. The monoisotopic (exact) mass is 373 g/mol. The van der Waals surface area contributed by atoms with Crippen LogP contribution in [-0.2, 0) is 18.9 Å². The van der Waals surface area contributed by atoms with Gasteiger partial charge >= 0.3 is 0 Å². The van der Waals surface area contributed by atoms with E-state index in [0.29, 0.717) is 11.5 Å². The number of nitrogen functional groups attached to an aromatic ring is 1. The minimum Gasteiger partial charge on any atom is -0.383 e. The topological polar surface area (TPSA) is 104 Å². The minimum atomic E-state index is -0.253. The number of hydrogen-bond acceptors (Lipinski definition) is 5. The summed E-state index contributed by atoms with van der Waals surface area (Å²) in [5, 5.41) is 7.84.